The summed E-state index contributed by atoms with van der Waals surface area (Å²) in [6.07, 6.45) is -6.47. The fraction of sp³-hybridized carbons (Fsp3) is 0.875. The molecule has 0 bridgehead atoms. The summed E-state index contributed by atoms with van der Waals surface area (Å²) in [6, 6.07) is 0. The summed E-state index contributed by atoms with van der Waals surface area (Å²) in [4.78, 5) is 11.2. The SMILES string of the molecule is O=C(N1CC(F)CC(CO)C1)C(F)(F)F. The number of hydrogen-bond donors (Lipinski definition) is 1. The van der Waals surface area contributed by atoms with Gasteiger partial charge in [0.1, 0.15) is 6.17 Å². The highest BCUT2D eigenvalue weighted by molar-refractivity contribution is 5.82. The molecule has 0 aromatic heterocycles. The molecule has 1 saturated heterocycles. The van der Waals surface area contributed by atoms with Crippen LogP contribution in [0.3, 0.4) is 0 Å². The molecule has 1 heterocycles. The van der Waals surface area contributed by atoms with Crippen molar-refractivity contribution in [1.29, 1.82) is 0 Å². The molecule has 2 unspecified atom stereocenters. The van der Waals surface area contributed by atoms with Gasteiger partial charge in [-0.1, -0.05) is 0 Å². The van der Waals surface area contributed by atoms with E-state index in [1.54, 1.807) is 0 Å². The van der Waals surface area contributed by atoms with Crippen molar-refractivity contribution in [3.8, 4) is 0 Å². The van der Waals surface area contributed by atoms with E-state index in [2.05, 4.69) is 0 Å². The van der Waals surface area contributed by atoms with Gasteiger partial charge in [0, 0.05) is 19.1 Å². The van der Waals surface area contributed by atoms with Crippen molar-refractivity contribution < 1.29 is 27.5 Å². The number of aliphatic hydroxyl groups is 1. The Balaban J connectivity index is 2.66. The zero-order valence-corrected chi connectivity index (χ0v) is 7.80. The minimum Gasteiger partial charge on any atom is -0.396 e. The van der Waals surface area contributed by atoms with Gasteiger partial charge in [-0.3, -0.25) is 4.79 Å². The third-order valence-corrected chi connectivity index (χ3v) is 2.27. The van der Waals surface area contributed by atoms with Crippen LogP contribution in [0.15, 0.2) is 0 Å². The average molecular weight is 229 g/mol. The number of aliphatic hydroxyl groups excluding tert-OH is 1. The maximum Gasteiger partial charge on any atom is 0.471 e. The minimum absolute atomic E-state index is 0.00185. The van der Waals surface area contributed by atoms with Crippen molar-refractivity contribution in [2.75, 3.05) is 19.7 Å². The molecule has 2 atom stereocenters. The summed E-state index contributed by atoms with van der Waals surface area (Å²) in [6.45, 7) is -1.20. The quantitative estimate of drug-likeness (QED) is 0.673. The molecule has 1 N–H and O–H groups in total. The summed E-state index contributed by atoms with van der Waals surface area (Å²) in [5, 5.41) is 8.73. The molecule has 88 valence electrons. The first-order chi connectivity index (χ1) is 6.84. The Hall–Kier alpha value is -0.850. The average Bonchev–Trinajstić information content (AvgIpc) is 2.14. The molecule has 0 spiro atoms. The molecule has 1 aliphatic rings. The van der Waals surface area contributed by atoms with Crippen molar-refractivity contribution in [3.63, 3.8) is 0 Å². The van der Waals surface area contributed by atoms with Crippen molar-refractivity contribution in [1.82, 2.24) is 4.90 Å². The Kier molecular flexibility index (Phi) is 3.54. The second-order valence-electron chi connectivity index (χ2n) is 3.59. The monoisotopic (exact) mass is 229 g/mol. The second kappa shape index (κ2) is 4.34. The molecule has 0 aromatic rings. The van der Waals surface area contributed by atoms with Gasteiger partial charge < -0.3 is 10.0 Å². The highest BCUT2D eigenvalue weighted by Crippen LogP contribution is 2.24. The van der Waals surface area contributed by atoms with E-state index < -0.39 is 37.3 Å². The molecule has 1 aliphatic heterocycles. The van der Waals surface area contributed by atoms with Gasteiger partial charge in [-0.25, -0.2) is 4.39 Å². The van der Waals surface area contributed by atoms with E-state index >= 15 is 0 Å². The van der Waals surface area contributed by atoms with E-state index in [1.807, 2.05) is 0 Å². The van der Waals surface area contributed by atoms with Gasteiger partial charge in [0.15, 0.2) is 0 Å². The van der Waals surface area contributed by atoms with Gasteiger partial charge in [-0.05, 0) is 6.42 Å². The molecule has 7 heteroatoms. The van der Waals surface area contributed by atoms with Crippen LogP contribution >= 0.6 is 0 Å². The molecular weight excluding hydrogens is 218 g/mol. The molecule has 0 aromatic carbocycles. The molecule has 3 nitrogen and oxygen atoms in total. The summed E-state index contributed by atoms with van der Waals surface area (Å²) in [5.41, 5.74) is 0. The number of piperidine rings is 1. The van der Waals surface area contributed by atoms with Crippen molar-refractivity contribution in [3.05, 3.63) is 0 Å². The van der Waals surface area contributed by atoms with E-state index in [0.717, 1.165) is 0 Å². The lowest BCUT2D eigenvalue weighted by molar-refractivity contribution is -0.188. The maximum atomic E-state index is 12.9. The Morgan fingerprint density at radius 3 is 2.47 bits per heavy atom. The normalized spacial score (nSPS) is 27.9. The van der Waals surface area contributed by atoms with E-state index in [9.17, 15) is 22.4 Å². The van der Waals surface area contributed by atoms with Crippen LogP contribution in [0.25, 0.3) is 0 Å². The number of amides is 1. The zero-order valence-electron chi connectivity index (χ0n) is 7.80. The molecule has 1 amide bonds. The van der Waals surface area contributed by atoms with Gasteiger partial charge in [-0.15, -0.1) is 0 Å². The number of nitrogens with zero attached hydrogens (tertiary/aromatic N) is 1. The standard InChI is InChI=1S/C8H11F4NO2/c9-6-1-5(4-14)2-13(3-6)7(15)8(10,11)12/h5-6,14H,1-4H2. The first kappa shape index (κ1) is 12.2. The van der Waals surface area contributed by atoms with Crippen LogP contribution in [0.4, 0.5) is 17.6 Å². The van der Waals surface area contributed by atoms with E-state index in [0.29, 0.717) is 4.90 Å². The summed E-state index contributed by atoms with van der Waals surface area (Å²) < 4.78 is 49.0. The number of hydrogen-bond acceptors (Lipinski definition) is 2. The minimum atomic E-state index is -4.98. The van der Waals surface area contributed by atoms with Crippen LogP contribution in [-0.4, -0.2) is 48.0 Å². The van der Waals surface area contributed by atoms with Crippen LogP contribution in [0.1, 0.15) is 6.42 Å². The largest absolute Gasteiger partial charge is 0.471 e. The fourth-order valence-corrected chi connectivity index (χ4v) is 1.61. The molecule has 1 fully saturated rings. The highest BCUT2D eigenvalue weighted by atomic mass is 19.4. The maximum absolute atomic E-state index is 12.9. The lowest BCUT2D eigenvalue weighted by atomic mass is 9.97. The molecule has 0 aliphatic carbocycles. The second-order valence-corrected chi connectivity index (χ2v) is 3.59. The van der Waals surface area contributed by atoms with Gasteiger partial charge in [0.25, 0.3) is 0 Å². The molecule has 15 heavy (non-hydrogen) atoms. The Morgan fingerprint density at radius 1 is 1.40 bits per heavy atom. The van der Waals surface area contributed by atoms with E-state index in [4.69, 9.17) is 5.11 Å². The smallest absolute Gasteiger partial charge is 0.396 e. The van der Waals surface area contributed by atoms with E-state index in [1.165, 1.54) is 0 Å². The molecule has 0 saturated carbocycles. The lowest BCUT2D eigenvalue weighted by Crippen LogP contribution is -2.50. The third-order valence-electron chi connectivity index (χ3n) is 2.27. The van der Waals surface area contributed by atoms with Crippen molar-refractivity contribution in [2.45, 2.75) is 18.8 Å². The Morgan fingerprint density at radius 2 is 2.00 bits per heavy atom. The number of halogens is 4. The Labute approximate surface area is 83.7 Å². The van der Waals surface area contributed by atoms with Crippen LogP contribution in [0.5, 0.6) is 0 Å². The number of carbonyl (C=O) groups excluding carboxylic acids is 1. The van der Waals surface area contributed by atoms with Gasteiger partial charge >= 0.3 is 12.1 Å². The number of alkyl halides is 4. The summed E-state index contributed by atoms with van der Waals surface area (Å²) in [7, 11) is 0. The van der Waals surface area contributed by atoms with Crippen molar-refractivity contribution in [2.24, 2.45) is 5.92 Å². The third kappa shape index (κ3) is 3.05. The molecule has 1 rings (SSSR count). The topological polar surface area (TPSA) is 40.5 Å². The predicted octanol–water partition coefficient (Wildman–Crippen LogP) is 0.728. The molecular formula is C8H11F4NO2. The predicted molar refractivity (Wildman–Crippen MR) is 42.7 cm³/mol. The molecule has 0 radical (unpaired) electrons. The summed E-state index contributed by atoms with van der Waals surface area (Å²) >= 11 is 0. The van der Waals surface area contributed by atoms with Crippen molar-refractivity contribution >= 4 is 5.91 Å². The van der Waals surface area contributed by atoms with Gasteiger partial charge in [0.05, 0.1) is 6.54 Å². The van der Waals surface area contributed by atoms with Crippen LogP contribution in [0, 0.1) is 5.92 Å². The number of carbonyl (C=O) groups is 1. The number of rotatable bonds is 1. The lowest BCUT2D eigenvalue weighted by Gasteiger charge is -2.34. The zero-order chi connectivity index (χ0) is 11.6. The van der Waals surface area contributed by atoms with Crippen LogP contribution in [0.2, 0.25) is 0 Å². The van der Waals surface area contributed by atoms with Gasteiger partial charge in [-0.2, -0.15) is 13.2 Å². The first-order valence-corrected chi connectivity index (χ1v) is 4.45. The first-order valence-electron chi connectivity index (χ1n) is 4.45. The van der Waals surface area contributed by atoms with Crippen LogP contribution < -0.4 is 0 Å². The van der Waals surface area contributed by atoms with Gasteiger partial charge in [0.2, 0.25) is 0 Å². The summed E-state index contributed by atoms with van der Waals surface area (Å²) in [5.74, 6) is -2.65. The highest BCUT2D eigenvalue weighted by Gasteiger charge is 2.44. The Bertz CT molecular complexity index is 243. The van der Waals surface area contributed by atoms with E-state index in [-0.39, 0.29) is 13.0 Å². The number of likely N-dealkylation sites (tertiary alicyclic amines) is 1. The fourth-order valence-electron chi connectivity index (χ4n) is 1.61. The van der Waals surface area contributed by atoms with Crippen LogP contribution in [-0.2, 0) is 4.79 Å².